The average Bonchev–Trinajstić information content (AvgIpc) is 2.95. The van der Waals surface area contributed by atoms with Gasteiger partial charge in [-0.05, 0) is 49.9 Å². The summed E-state index contributed by atoms with van der Waals surface area (Å²) in [5, 5.41) is 2.91. The Balaban J connectivity index is 2.08. The maximum absolute atomic E-state index is 12.4. The van der Waals surface area contributed by atoms with Crippen LogP contribution in [0.5, 0.6) is 0 Å². The second kappa shape index (κ2) is 7.62. The maximum Gasteiger partial charge on any atom is 0.349 e. The third kappa shape index (κ3) is 4.23. The van der Waals surface area contributed by atoms with E-state index >= 15 is 0 Å². The minimum absolute atomic E-state index is 0.284. The van der Waals surface area contributed by atoms with Crippen LogP contribution in [-0.4, -0.2) is 18.0 Å². The van der Waals surface area contributed by atoms with Gasteiger partial charge < -0.3 is 10.1 Å². The Morgan fingerprint density at radius 1 is 1.08 bits per heavy atom. The van der Waals surface area contributed by atoms with Gasteiger partial charge in [-0.25, -0.2) is 4.79 Å². The Hall–Kier alpha value is -2.14. The monoisotopic (exact) mass is 345 g/mol. The van der Waals surface area contributed by atoms with Crippen molar-refractivity contribution in [3.63, 3.8) is 0 Å². The van der Waals surface area contributed by atoms with E-state index < -0.39 is 12.1 Å². The Bertz CT molecular complexity index is 749. The van der Waals surface area contributed by atoms with Crippen LogP contribution in [-0.2, 0) is 9.53 Å². The van der Waals surface area contributed by atoms with Gasteiger partial charge in [0.05, 0.1) is 0 Å². The molecule has 0 aliphatic rings. The number of carbonyl (C=O) groups is 2. The highest BCUT2D eigenvalue weighted by atomic mass is 32.1. The van der Waals surface area contributed by atoms with Crippen LogP contribution in [0.3, 0.4) is 0 Å². The van der Waals surface area contributed by atoms with Gasteiger partial charge in [-0.15, -0.1) is 11.3 Å². The molecule has 0 saturated heterocycles. The van der Waals surface area contributed by atoms with Gasteiger partial charge in [-0.3, -0.25) is 4.79 Å². The van der Waals surface area contributed by atoms with Gasteiger partial charge in [-0.2, -0.15) is 0 Å². The van der Waals surface area contributed by atoms with Crippen LogP contribution in [0.2, 0.25) is 0 Å². The number of rotatable bonds is 5. The van der Waals surface area contributed by atoms with Crippen molar-refractivity contribution in [1.29, 1.82) is 0 Å². The first-order valence-electron chi connectivity index (χ1n) is 7.97. The number of benzene rings is 1. The van der Waals surface area contributed by atoms with Gasteiger partial charge in [0.2, 0.25) is 0 Å². The minimum Gasteiger partial charge on any atom is -0.448 e. The van der Waals surface area contributed by atoms with Gasteiger partial charge in [0.25, 0.3) is 5.91 Å². The number of hydrogen-bond donors (Lipinski definition) is 1. The molecule has 0 aliphatic heterocycles. The molecule has 0 bridgehead atoms. The maximum atomic E-state index is 12.4. The normalized spacial score (nSPS) is 12.1. The number of carbonyl (C=O) groups excluding carboxylic acids is 2. The molecule has 2 rings (SSSR count). The largest absolute Gasteiger partial charge is 0.448 e. The number of thiophene rings is 1. The van der Waals surface area contributed by atoms with Crippen LogP contribution in [0.1, 0.15) is 52.4 Å². The highest BCUT2D eigenvalue weighted by molar-refractivity contribution is 7.13. The summed E-state index contributed by atoms with van der Waals surface area (Å²) < 4.78 is 5.28. The molecule has 2 aromatic rings. The molecule has 0 spiro atoms. The van der Waals surface area contributed by atoms with Crippen LogP contribution < -0.4 is 5.32 Å². The van der Waals surface area contributed by atoms with Crippen LogP contribution in [0, 0.1) is 13.8 Å². The van der Waals surface area contributed by atoms with Crippen molar-refractivity contribution in [3.05, 3.63) is 51.2 Å². The predicted molar refractivity (Wildman–Crippen MR) is 97.8 cm³/mol. The fraction of sp³-hybridized carbons (Fsp3) is 0.368. The number of hydrogen-bond acceptors (Lipinski definition) is 4. The second-order valence-corrected chi connectivity index (χ2v) is 7.43. The zero-order valence-electron chi connectivity index (χ0n) is 14.7. The lowest BCUT2D eigenvalue weighted by Crippen LogP contribution is -2.30. The third-order valence-electron chi connectivity index (χ3n) is 3.77. The van der Waals surface area contributed by atoms with E-state index in [2.05, 4.69) is 19.2 Å². The summed E-state index contributed by atoms with van der Waals surface area (Å²) in [4.78, 5) is 26.0. The Morgan fingerprint density at radius 3 is 2.38 bits per heavy atom. The molecule has 1 heterocycles. The zero-order valence-corrected chi connectivity index (χ0v) is 15.5. The summed E-state index contributed by atoms with van der Waals surface area (Å²) in [6.07, 6.45) is -0.862. The van der Waals surface area contributed by atoms with Gasteiger partial charge in [-0.1, -0.05) is 32.0 Å². The van der Waals surface area contributed by atoms with E-state index in [4.69, 9.17) is 4.74 Å². The molecular formula is C19H23NO3S. The highest BCUT2D eigenvalue weighted by Gasteiger charge is 2.21. The summed E-state index contributed by atoms with van der Waals surface area (Å²) in [5.41, 5.74) is 2.85. The highest BCUT2D eigenvalue weighted by Crippen LogP contribution is 2.27. The Morgan fingerprint density at radius 2 is 1.79 bits per heavy atom. The fourth-order valence-corrected chi connectivity index (χ4v) is 3.13. The van der Waals surface area contributed by atoms with E-state index in [1.165, 1.54) is 11.3 Å². The number of amides is 1. The molecule has 5 heteroatoms. The molecule has 0 aliphatic carbocycles. The molecule has 1 atom stereocenters. The molecule has 4 nitrogen and oxygen atoms in total. The van der Waals surface area contributed by atoms with E-state index in [-0.39, 0.29) is 11.8 Å². The van der Waals surface area contributed by atoms with Gasteiger partial charge in [0, 0.05) is 10.6 Å². The fourth-order valence-electron chi connectivity index (χ4n) is 2.38. The first kappa shape index (κ1) is 18.2. The van der Waals surface area contributed by atoms with E-state index in [0.29, 0.717) is 4.88 Å². The Labute approximate surface area is 146 Å². The first-order valence-corrected chi connectivity index (χ1v) is 8.79. The number of anilines is 1. The Kier molecular flexibility index (Phi) is 5.78. The topological polar surface area (TPSA) is 55.4 Å². The predicted octanol–water partition coefficient (Wildman–Crippen LogP) is 4.67. The van der Waals surface area contributed by atoms with E-state index in [0.717, 1.165) is 21.7 Å². The standard InChI is InChI=1S/C19H23NO3S/c1-11(2)15-8-6-7-12(3)17(15)20-18(21)14(5)23-19(22)16-10-9-13(4)24-16/h6-11,14H,1-5H3,(H,20,21)/t14-/m1/s1. The van der Waals surface area contributed by atoms with Crippen molar-refractivity contribution in [1.82, 2.24) is 0 Å². The molecular weight excluding hydrogens is 322 g/mol. The number of para-hydroxylation sites is 1. The van der Waals surface area contributed by atoms with Crippen LogP contribution >= 0.6 is 11.3 Å². The van der Waals surface area contributed by atoms with Crippen molar-refractivity contribution in [2.45, 2.75) is 46.6 Å². The van der Waals surface area contributed by atoms with E-state index in [1.54, 1.807) is 13.0 Å². The third-order valence-corrected chi connectivity index (χ3v) is 4.75. The molecule has 0 fully saturated rings. The molecule has 0 saturated carbocycles. The molecule has 128 valence electrons. The summed E-state index contributed by atoms with van der Waals surface area (Å²) in [6, 6.07) is 9.49. The van der Waals surface area contributed by atoms with Crippen molar-refractivity contribution < 1.29 is 14.3 Å². The number of ether oxygens (including phenoxy) is 1. The van der Waals surface area contributed by atoms with Crippen molar-refractivity contribution in [3.8, 4) is 0 Å². The SMILES string of the molecule is Cc1ccc(C(=O)O[C@H](C)C(=O)Nc2c(C)cccc2C(C)C)s1. The van der Waals surface area contributed by atoms with E-state index in [9.17, 15) is 9.59 Å². The molecule has 0 unspecified atom stereocenters. The lowest BCUT2D eigenvalue weighted by atomic mass is 9.98. The molecule has 1 aromatic carbocycles. The van der Waals surface area contributed by atoms with E-state index in [1.807, 2.05) is 38.1 Å². The summed E-state index contributed by atoms with van der Waals surface area (Å²) in [5.74, 6) is -0.510. The summed E-state index contributed by atoms with van der Waals surface area (Å²) >= 11 is 1.36. The molecule has 0 radical (unpaired) electrons. The number of aryl methyl sites for hydroxylation is 2. The first-order chi connectivity index (χ1) is 11.3. The molecule has 24 heavy (non-hydrogen) atoms. The van der Waals surface area contributed by atoms with Crippen LogP contribution in [0.15, 0.2) is 30.3 Å². The average molecular weight is 345 g/mol. The van der Waals surface area contributed by atoms with Crippen molar-refractivity contribution in [2.75, 3.05) is 5.32 Å². The lowest BCUT2D eigenvalue weighted by molar-refractivity contribution is -0.123. The zero-order chi connectivity index (χ0) is 17.9. The molecule has 1 aromatic heterocycles. The van der Waals surface area contributed by atoms with Crippen molar-refractivity contribution >= 4 is 28.9 Å². The molecule has 1 N–H and O–H groups in total. The summed E-state index contributed by atoms with van der Waals surface area (Å²) in [7, 11) is 0. The van der Waals surface area contributed by atoms with Gasteiger partial charge in [0.1, 0.15) is 4.88 Å². The van der Waals surface area contributed by atoms with Crippen molar-refractivity contribution in [2.24, 2.45) is 0 Å². The number of nitrogens with one attached hydrogen (secondary N) is 1. The quantitative estimate of drug-likeness (QED) is 0.801. The molecule has 1 amide bonds. The second-order valence-electron chi connectivity index (χ2n) is 6.14. The lowest BCUT2D eigenvalue weighted by Gasteiger charge is -2.18. The minimum atomic E-state index is -0.862. The summed E-state index contributed by atoms with van der Waals surface area (Å²) in [6.45, 7) is 9.61. The van der Waals surface area contributed by atoms with Crippen LogP contribution in [0.25, 0.3) is 0 Å². The van der Waals surface area contributed by atoms with Crippen LogP contribution in [0.4, 0.5) is 5.69 Å². The van der Waals surface area contributed by atoms with Gasteiger partial charge >= 0.3 is 5.97 Å². The number of esters is 1. The smallest absolute Gasteiger partial charge is 0.349 e. The van der Waals surface area contributed by atoms with Gasteiger partial charge in [0.15, 0.2) is 6.10 Å².